The van der Waals surface area contributed by atoms with Gasteiger partial charge in [-0.1, -0.05) is 0 Å². The zero-order valence-electron chi connectivity index (χ0n) is 9.50. The van der Waals surface area contributed by atoms with Crippen LogP contribution in [0.4, 0.5) is 10.1 Å². The highest BCUT2D eigenvalue weighted by molar-refractivity contribution is 9.10. The second kappa shape index (κ2) is 5.32. The Morgan fingerprint density at radius 2 is 2.12 bits per heavy atom. The van der Waals surface area contributed by atoms with E-state index in [0.29, 0.717) is 11.3 Å². The van der Waals surface area contributed by atoms with Crippen LogP contribution in [0.3, 0.4) is 0 Å². The maximum Gasteiger partial charge on any atom is 0.236 e. The number of anilines is 1. The second-order valence-corrected chi connectivity index (χ2v) is 6.73. The number of aryl methyl sites for hydroxylation is 1. The Morgan fingerprint density at radius 3 is 2.65 bits per heavy atom. The van der Waals surface area contributed by atoms with Gasteiger partial charge in [-0.25, -0.2) is 12.8 Å². The first-order valence-corrected chi connectivity index (χ1v) is 7.29. The summed E-state index contributed by atoms with van der Waals surface area (Å²) >= 11 is 3.01. The number of benzene rings is 1. The first-order valence-electron chi connectivity index (χ1n) is 4.95. The number of hydrogen-bond acceptors (Lipinski definition) is 3. The third kappa shape index (κ3) is 3.40. The van der Waals surface area contributed by atoms with E-state index < -0.39 is 21.1 Å². The Kier molecular flexibility index (Phi) is 4.51. The van der Waals surface area contributed by atoms with Crippen molar-refractivity contribution in [3.63, 3.8) is 0 Å². The van der Waals surface area contributed by atoms with Gasteiger partial charge in [0.1, 0.15) is 5.82 Å². The lowest BCUT2D eigenvalue weighted by Crippen LogP contribution is -2.31. The highest BCUT2D eigenvalue weighted by Gasteiger charge is 2.20. The van der Waals surface area contributed by atoms with E-state index in [1.165, 1.54) is 19.1 Å². The summed E-state index contributed by atoms with van der Waals surface area (Å²) < 4.78 is 39.3. The molecule has 7 heteroatoms. The summed E-state index contributed by atoms with van der Waals surface area (Å²) in [6.45, 7) is 3.16. The Bertz CT molecular complexity index is 519. The molecule has 1 aromatic carbocycles. The molecule has 0 heterocycles. The van der Waals surface area contributed by atoms with Gasteiger partial charge in [0.05, 0.1) is 15.4 Å². The van der Waals surface area contributed by atoms with Crippen LogP contribution in [0.15, 0.2) is 16.6 Å². The lowest BCUT2D eigenvalue weighted by atomic mass is 10.2. The minimum absolute atomic E-state index is 0.0245. The third-order valence-electron chi connectivity index (χ3n) is 2.38. The van der Waals surface area contributed by atoms with E-state index in [2.05, 4.69) is 20.7 Å². The Labute approximate surface area is 109 Å². The van der Waals surface area contributed by atoms with Crippen LogP contribution in [-0.2, 0) is 10.0 Å². The van der Waals surface area contributed by atoms with Crippen LogP contribution in [0.1, 0.15) is 12.5 Å². The normalized spacial score (nSPS) is 13.5. The first-order chi connectivity index (χ1) is 7.77. The van der Waals surface area contributed by atoms with Crippen molar-refractivity contribution >= 4 is 31.6 Å². The van der Waals surface area contributed by atoms with E-state index in [1.54, 1.807) is 6.92 Å². The molecule has 0 saturated heterocycles. The zero-order valence-corrected chi connectivity index (χ0v) is 11.9. The number of nitrogens with two attached hydrogens (primary N) is 1. The molecule has 1 unspecified atom stereocenters. The zero-order chi connectivity index (χ0) is 13.2. The summed E-state index contributed by atoms with van der Waals surface area (Å²) in [7, 11) is -3.53. The lowest BCUT2D eigenvalue weighted by molar-refractivity contribution is 0.589. The van der Waals surface area contributed by atoms with Gasteiger partial charge in [-0.3, -0.25) is 4.72 Å². The summed E-state index contributed by atoms with van der Waals surface area (Å²) in [6.07, 6.45) is 0. The molecule has 1 aromatic rings. The Morgan fingerprint density at radius 1 is 1.53 bits per heavy atom. The van der Waals surface area contributed by atoms with E-state index >= 15 is 0 Å². The van der Waals surface area contributed by atoms with Crippen molar-refractivity contribution in [3.8, 4) is 0 Å². The topological polar surface area (TPSA) is 72.2 Å². The van der Waals surface area contributed by atoms with E-state index in [1.807, 2.05) is 0 Å². The van der Waals surface area contributed by atoms with Gasteiger partial charge < -0.3 is 5.73 Å². The van der Waals surface area contributed by atoms with Crippen LogP contribution in [0, 0.1) is 12.7 Å². The summed E-state index contributed by atoms with van der Waals surface area (Å²) in [6, 6.07) is 2.65. The van der Waals surface area contributed by atoms with Crippen LogP contribution < -0.4 is 10.5 Å². The second-order valence-electron chi connectivity index (χ2n) is 3.77. The Balaban J connectivity index is 3.08. The minimum atomic E-state index is -3.53. The predicted octanol–water partition coefficient (Wildman–Crippen LogP) is 1.99. The van der Waals surface area contributed by atoms with Gasteiger partial charge in [0.2, 0.25) is 10.0 Å². The maximum absolute atomic E-state index is 13.2. The lowest BCUT2D eigenvalue weighted by Gasteiger charge is -2.15. The molecule has 0 fully saturated rings. The van der Waals surface area contributed by atoms with Gasteiger partial charge in [0.25, 0.3) is 0 Å². The molecule has 1 rings (SSSR count). The predicted molar refractivity (Wildman–Crippen MR) is 69.9 cm³/mol. The summed E-state index contributed by atoms with van der Waals surface area (Å²) in [5.41, 5.74) is 6.17. The van der Waals surface area contributed by atoms with Crippen molar-refractivity contribution in [2.45, 2.75) is 19.1 Å². The molecule has 0 aliphatic heterocycles. The van der Waals surface area contributed by atoms with E-state index in [9.17, 15) is 12.8 Å². The molecule has 0 bridgehead atoms. The number of nitrogens with one attached hydrogen (secondary N) is 1. The average molecular weight is 325 g/mol. The molecule has 0 aromatic heterocycles. The van der Waals surface area contributed by atoms with Crippen molar-refractivity contribution in [1.82, 2.24) is 0 Å². The van der Waals surface area contributed by atoms with Gasteiger partial charge in [-0.2, -0.15) is 0 Å². The molecule has 1 atom stereocenters. The number of halogens is 2. The first kappa shape index (κ1) is 14.4. The Hall–Kier alpha value is -0.660. The van der Waals surface area contributed by atoms with Gasteiger partial charge in [-0.15, -0.1) is 0 Å². The highest BCUT2D eigenvalue weighted by atomic mass is 79.9. The molecular formula is C10H14BrFN2O2S. The van der Waals surface area contributed by atoms with Crippen LogP contribution in [-0.4, -0.2) is 20.2 Å². The van der Waals surface area contributed by atoms with Crippen molar-refractivity contribution in [2.75, 3.05) is 11.3 Å². The average Bonchev–Trinajstić information content (AvgIpc) is 2.24. The molecule has 17 heavy (non-hydrogen) atoms. The molecular weight excluding hydrogens is 311 g/mol. The summed E-state index contributed by atoms with van der Waals surface area (Å²) in [4.78, 5) is 0. The molecule has 0 saturated carbocycles. The molecule has 0 aliphatic rings. The van der Waals surface area contributed by atoms with Gasteiger partial charge >= 0.3 is 0 Å². The maximum atomic E-state index is 13.2. The van der Waals surface area contributed by atoms with E-state index in [4.69, 9.17) is 5.73 Å². The molecule has 0 amide bonds. The van der Waals surface area contributed by atoms with Crippen LogP contribution >= 0.6 is 15.9 Å². The smallest absolute Gasteiger partial charge is 0.236 e. The van der Waals surface area contributed by atoms with Crippen molar-refractivity contribution in [2.24, 2.45) is 5.73 Å². The molecule has 0 spiro atoms. The standard InChI is InChI=1S/C10H14BrFN2O2S/c1-6-3-9(12)8(11)4-10(6)14-17(15,16)7(2)5-13/h3-4,7,14H,5,13H2,1-2H3. The molecule has 4 nitrogen and oxygen atoms in total. The molecule has 3 N–H and O–H groups in total. The highest BCUT2D eigenvalue weighted by Crippen LogP contribution is 2.25. The molecule has 96 valence electrons. The fourth-order valence-electron chi connectivity index (χ4n) is 1.14. The SMILES string of the molecule is Cc1cc(F)c(Br)cc1NS(=O)(=O)C(C)CN. The minimum Gasteiger partial charge on any atom is -0.329 e. The summed E-state index contributed by atoms with van der Waals surface area (Å²) in [5, 5.41) is -0.703. The van der Waals surface area contributed by atoms with Crippen molar-refractivity contribution in [1.29, 1.82) is 0 Å². The quantitative estimate of drug-likeness (QED) is 0.889. The fourth-order valence-corrected chi connectivity index (χ4v) is 2.46. The molecule has 0 radical (unpaired) electrons. The van der Waals surface area contributed by atoms with Crippen LogP contribution in [0.5, 0.6) is 0 Å². The van der Waals surface area contributed by atoms with Gasteiger partial charge in [0, 0.05) is 6.54 Å². The number of rotatable bonds is 4. The van der Waals surface area contributed by atoms with Crippen LogP contribution in [0.25, 0.3) is 0 Å². The van der Waals surface area contributed by atoms with Crippen molar-refractivity contribution < 1.29 is 12.8 Å². The van der Waals surface area contributed by atoms with Crippen molar-refractivity contribution in [3.05, 3.63) is 28.0 Å². The van der Waals surface area contributed by atoms with Gasteiger partial charge in [0.15, 0.2) is 0 Å². The third-order valence-corrected chi connectivity index (χ3v) is 4.75. The number of sulfonamides is 1. The molecule has 0 aliphatic carbocycles. The van der Waals surface area contributed by atoms with E-state index in [0.717, 1.165) is 0 Å². The van der Waals surface area contributed by atoms with Crippen LogP contribution in [0.2, 0.25) is 0 Å². The van der Waals surface area contributed by atoms with Gasteiger partial charge in [-0.05, 0) is 47.5 Å². The summed E-state index contributed by atoms with van der Waals surface area (Å²) in [5.74, 6) is -0.433. The largest absolute Gasteiger partial charge is 0.329 e. The van der Waals surface area contributed by atoms with E-state index in [-0.39, 0.29) is 11.0 Å². The monoisotopic (exact) mass is 324 g/mol. The fraction of sp³-hybridized carbons (Fsp3) is 0.400. The number of hydrogen-bond donors (Lipinski definition) is 2.